The largest absolute Gasteiger partial charge is 0.353 e. The molecule has 2 aliphatic carbocycles. The lowest BCUT2D eigenvalue weighted by Gasteiger charge is -2.27. The highest BCUT2D eigenvalue weighted by molar-refractivity contribution is 7.18. The number of hydrogen-bond donors (Lipinski definition) is 2. The molecule has 6 heteroatoms. The maximum Gasteiger partial charge on any atom is 0.259 e. The van der Waals surface area contributed by atoms with Crippen molar-refractivity contribution in [1.82, 2.24) is 15.3 Å². The first kappa shape index (κ1) is 17.7. The second-order valence-corrected chi connectivity index (χ2v) is 9.02. The monoisotopic (exact) mass is 373 g/mol. The van der Waals surface area contributed by atoms with Crippen LogP contribution in [-0.2, 0) is 24.1 Å². The normalized spacial score (nSPS) is 23.0. The summed E-state index contributed by atoms with van der Waals surface area (Å²) in [5.74, 6) is 1.39. The van der Waals surface area contributed by atoms with E-state index in [9.17, 15) is 9.59 Å². The molecule has 1 saturated carbocycles. The summed E-state index contributed by atoms with van der Waals surface area (Å²) >= 11 is 1.66. The first-order valence-electron chi connectivity index (χ1n) is 9.93. The first-order chi connectivity index (χ1) is 12.6. The molecule has 1 fully saturated rings. The van der Waals surface area contributed by atoms with Gasteiger partial charge in [0, 0.05) is 23.8 Å². The number of fused-ring (bicyclic) bond motifs is 3. The molecule has 2 atom stereocenters. The fraction of sp³-hybridized carbons (Fsp3) is 0.650. The Kier molecular flexibility index (Phi) is 5.11. The zero-order valence-electron chi connectivity index (χ0n) is 15.4. The Bertz CT molecular complexity index is 870. The number of H-pyrrole nitrogens is 1. The molecule has 0 bridgehead atoms. The summed E-state index contributed by atoms with van der Waals surface area (Å²) in [7, 11) is 0. The fourth-order valence-electron chi connectivity index (χ4n) is 4.42. The molecular weight excluding hydrogens is 346 g/mol. The maximum absolute atomic E-state index is 12.5. The average Bonchev–Trinajstić information content (AvgIpc) is 2.99. The molecule has 140 valence electrons. The number of nitrogens with one attached hydrogen (secondary N) is 2. The van der Waals surface area contributed by atoms with E-state index in [0.717, 1.165) is 42.3 Å². The van der Waals surface area contributed by atoms with Gasteiger partial charge in [-0.25, -0.2) is 4.98 Å². The van der Waals surface area contributed by atoms with Crippen LogP contribution < -0.4 is 10.9 Å². The maximum atomic E-state index is 12.5. The van der Waals surface area contributed by atoms with E-state index in [0.29, 0.717) is 30.6 Å². The molecule has 2 aromatic rings. The molecule has 0 saturated heterocycles. The lowest BCUT2D eigenvalue weighted by molar-refractivity contribution is -0.122. The van der Waals surface area contributed by atoms with Gasteiger partial charge in [-0.1, -0.05) is 19.8 Å². The molecule has 1 amide bonds. The Morgan fingerprint density at radius 3 is 2.96 bits per heavy atom. The van der Waals surface area contributed by atoms with Crippen LogP contribution in [0.2, 0.25) is 0 Å². The number of carbonyl (C=O) groups excluding carboxylic acids is 1. The number of amides is 1. The Morgan fingerprint density at radius 1 is 1.27 bits per heavy atom. The van der Waals surface area contributed by atoms with E-state index in [4.69, 9.17) is 0 Å². The van der Waals surface area contributed by atoms with Crippen molar-refractivity contribution in [3.63, 3.8) is 0 Å². The van der Waals surface area contributed by atoms with E-state index in [1.807, 2.05) is 0 Å². The molecule has 26 heavy (non-hydrogen) atoms. The minimum absolute atomic E-state index is 0.0362. The number of aromatic amines is 1. The summed E-state index contributed by atoms with van der Waals surface area (Å²) in [6.45, 7) is 2.25. The minimum Gasteiger partial charge on any atom is -0.353 e. The highest BCUT2D eigenvalue weighted by Crippen LogP contribution is 2.33. The van der Waals surface area contributed by atoms with Gasteiger partial charge in [0.05, 0.1) is 5.39 Å². The van der Waals surface area contributed by atoms with Gasteiger partial charge in [-0.3, -0.25) is 9.59 Å². The molecule has 5 nitrogen and oxygen atoms in total. The number of aryl methyl sites for hydroxylation is 3. The van der Waals surface area contributed by atoms with Gasteiger partial charge in [0.25, 0.3) is 5.56 Å². The van der Waals surface area contributed by atoms with Crippen LogP contribution in [0.1, 0.15) is 68.1 Å². The van der Waals surface area contributed by atoms with Crippen LogP contribution >= 0.6 is 11.3 Å². The third-order valence-electron chi connectivity index (χ3n) is 5.76. The van der Waals surface area contributed by atoms with Crippen molar-refractivity contribution in [3.8, 4) is 0 Å². The van der Waals surface area contributed by atoms with Crippen LogP contribution in [0.15, 0.2) is 4.79 Å². The summed E-state index contributed by atoms with van der Waals surface area (Å²) in [4.78, 5) is 34.5. The van der Waals surface area contributed by atoms with E-state index in [1.165, 1.54) is 29.7 Å². The van der Waals surface area contributed by atoms with Crippen molar-refractivity contribution in [2.75, 3.05) is 0 Å². The van der Waals surface area contributed by atoms with Crippen LogP contribution in [0.5, 0.6) is 0 Å². The van der Waals surface area contributed by atoms with Crippen LogP contribution in [0.25, 0.3) is 10.2 Å². The number of thiophene rings is 1. The fourth-order valence-corrected chi connectivity index (χ4v) is 5.70. The lowest BCUT2D eigenvalue weighted by atomic mass is 9.87. The average molecular weight is 374 g/mol. The van der Waals surface area contributed by atoms with Gasteiger partial charge in [0.1, 0.15) is 10.7 Å². The summed E-state index contributed by atoms with van der Waals surface area (Å²) < 4.78 is 0. The molecule has 0 aliphatic heterocycles. The van der Waals surface area contributed by atoms with Crippen LogP contribution in [0.4, 0.5) is 0 Å². The number of hydrogen-bond acceptors (Lipinski definition) is 4. The van der Waals surface area contributed by atoms with Crippen molar-refractivity contribution < 1.29 is 4.79 Å². The molecular formula is C20H27N3O2S. The molecule has 2 N–H and O–H groups in total. The summed E-state index contributed by atoms with van der Waals surface area (Å²) in [5, 5.41) is 3.94. The topological polar surface area (TPSA) is 74.8 Å². The third kappa shape index (κ3) is 3.70. The highest BCUT2D eigenvalue weighted by Gasteiger charge is 2.21. The second-order valence-electron chi connectivity index (χ2n) is 7.94. The Morgan fingerprint density at radius 2 is 2.12 bits per heavy atom. The molecule has 2 aromatic heterocycles. The number of carbonyl (C=O) groups is 1. The molecule has 0 radical (unpaired) electrons. The Balaban J connectivity index is 1.42. The van der Waals surface area contributed by atoms with Gasteiger partial charge in [0.2, 0.25) is 5.91 Å². The van der Waals surface area contributed by atoms with Crippen molar-refractivity contribution in [2.45, 2.75) is 77.2 Å². The van der Waals surface area contributed by atoms with Gasteiger partial charge in [-0.05, 0) is 50.0 Å². The van der Waals surface area contributed by atoms with Gasteiger partial charge in [0.15, 0.2) is 0 Å². The number of aromatic nitrogens is 2. The molecule has 2 unspecified atom stereocenters. The third-order valence-corrected chi connectivity index (χ3v) is 6.95. The molecule has 0 spiro atoms. The smallest absolute Gasteiger partial charge is 0.259 e. The zero-order valence-corrected chi connectivity index (χ0v) is 16.2. The Labute approximate surface area is 157 Å². The molecule has 2 heterocycles. The quantitative estimate of drug-likeness (QED) is 0.861. The van der Waals surface area contributed by atoms with Crippen LogP contribution in [0, 0.1) is 5.92 Å². The van der Waals surface area contributed by atoms with Gasteiger partial charge < -0.3 is 10.3 Å². The van der Waals surface area contributed by atoms with Gasteiger partial charge >= 0.3 is 0 Å². The van der Waals surface area contributed by atoms with Crippen LogP contribution in [0.3, 0.4) is 0 Å². The first-order valence-corrected chi connectivity index (χ1v) is 10.7. The summed E-state index contributed by atoms with van der Waals surface area (Å²) in [6.07, 6.45) is 9.89. The minimum atomic E-state index is -0.0362. The standard InChI is InChI=1S/C20H27N3O2S/c1-12-5-4-6-13(11-12)21-17(24)10-9-16-22-19(25)18-14-7-2-3-8-15(14)26-20(18)23-16/h12-13H,2-11H2,1H3,(H,21,24)(H,22,23,25). The summed E-state index contributed by atoms with van der Waals surface area (Å²) in [6, 6.07) is 0.310. The zero-order chi connectivity index (χ0) is 18.1. The SMILES string of the molecule is CC1CCCC(NC(=O)CCc2nc3sc4c(c3c(=O)[nH]2)CCCC4)C1. The lowest BCUT2D eigenvalue weighted by Crippen LogP contribution is -2.38. The van der Waals surface area contributed by atoms with E-state index in [-0.39, 0.29) is 11.5 Å². The van der Waals surface area contributed by atoms with E-state index < -0.39 is 0 Å². The predicted octanol–water partition coefficient (Wildman–Crippen LogP) is 3.49. The van der Waals surface area contributed by atoms with Crippen molar-refractivity contribution in [3.05, 3.63) is 26.6 Å². The van der Waals surface area contributed by atoms with Crippen molar-refractivity contribution in [2.24, 2.45) is 5.92 Å². The van der Waals surface area contributed by atoms with Crippen molar-refractivity contribution >= 4 is 27.5 Å². The van der Waals surface area contributed by atoms with Gasteiger partial charge in [-0.2, -0.15) is 0 Å². The number of nitrogens with zero attached hydrogens (tertiary/aromatic N) is 1. The second kappa shape index (κ2) is 7.51. The van der Waals surface area contributed by atoms with Gasteiger partial charge in [-0.15, -0.1) is 11.3 Å². The predicted molar refractivity (Wildman–Crippen MR) is 105 cm³/mol. The summed E-state index contributed by atoms with van der Waals surface area (Å²) in [5.41, 5.74) is 1.17. The van der Waals surface area contributed by atoms with Crippen molar-refractivity contribution in [1.29, 1.82) is 0 Å². The Hall–Kier alpha value is -1.69. The highest BCUT2D eigenvalue weighted by atomic mass is 32.1. The molecule has 2 aliphatic rings. The van der Waals surface area contributed by atoms with Crippen LogP contribution in [-0.4, -0.2) is 21.9 Å². The van der Waals surface area contributed by atoms with E-state index in [1.54, 1.807) is 11.3 Å². The number of rotatable bonds is 4. The van der Waals surface area contributed by atoms with E-state index in [2.05, 4.69) is 22.2 Å². The molecule has 0 aromatic carbocycles. The van der Waals surface area contributed by atoms with E-state index >= 15 is 0 Å². The molecule has 4 rings (SSSR count).